The van der Waals surface area contributed by atoms with Crippen molar-refractivity contribution in [3.63, 3.8) is 0 Å². The third-order valence-corrected chi connectivity index (χ3v) is 3.21. The molecule has 0 saturated heterocycles. The third kappa shape index (κ3) is 1.73. The highest BCUT2D eigenvalue weighted by Gasteiger charge is 2.18. The number of fused-ring (bicyclic) bond motifs is 1. The van der Waals surface area contributed by atoms with E-state index in [4.69, 9.17) is 10.2 Å². The molecule has 0 aliphatic rings. The first-order valence-corrected chi connectivity index (χ1v) is 5.94. The van der Waals surface area contributed by atoms with Crippen molar-refractivity contribution < 1.29 is 4.42 Å². The number of nitrogens with zero attached hydrogens (tertiary/aromatic N) is 3. The number of oxazole rings is 1. The summed E-state index contributed by atoms with van der Waals surface area (Å²) in [4.78, 5) is 4.13. The lowest BCUT2D eigenvalue weighted by Crippen LogP contribution is -2.13. The van der Waals surface area contributed by atoms with Gasteiger partial charge in [-0.25, -0.2) is 4.98 Å². The minimum absolute atomic E-state index is 0.144. The van der Waals surface area contributed by atoms with Crippen LogP contribution in [0.3, 0.4) is 0 Å². The molecule has 3 rings (SSSR count). The van der Waals surface area contributed by atoms with Gasteiger partial charge in [0.05, 0.1) is 11.7 Å². The maximum Gasteiger partial charge on any atom is 0.306 e. The quantitative estimate of drug-likeness (QED) is 0.764. The number of rotatable bonds is 3. The van der Waals surface area contributed by atoms with E-state index >= 15 is 0 Å². The van der Waals surface area contributed by atoms with Crippen molar-refractivity contribution in [2.75, 3.05) is 0 Å². The summed E-state index contributed by atoms with van der Waals surface area (Å²) >= 11 is 0. The minimum Gasteiger partial charge on any atom is -0.426 e. The van der Waals surface area contributed by atoms with Crippen LogP contribution in [0.4, 0.5) is 0 Å². The maximum absolute atomic E-state index is 6.22. The van der Waals surface area contributed by atoms with Gasteiger partial charge >= 0.3 is 5.84 Å². The molecule has 0 aliphatic heterocycles. The second-order valence-corrected chi connectivity index (χ2v) is 4.63. The summed E-state index contributed by atoms with van der Waals surface area (Å²) < 4.78 is 9.63. The molecule has 0 spiro atoms. The number of imidazole rings is 1. The zero-order chi connectivity index (χ0) is 12.7. The van der Waals surface area contributed by atoms with Gasteiger partial charge in [0.1, 0.15) is 5.76 Å². The molecule has 0 fully saturated rings. The first kappa shape index (κ1) is 11.1. The van der Waals surface area contributed by atoms with Gasteiger partial charge in [0.2, 0.25) is 0 Å². The molecule has 5 heteroatoms. The molecule has 3 heterocycles. The van der Waals surface area contributed by atoms with E-state index in [-0.39, 0.29) is 6.04 Å². The van der Waals surface area contributed by atoms with E-state index in [1.54, 1.807) is 6.20 Å². The van der Waals surface area contributed by atoms with Gasteiger partial charge in [0.25, 0.3) is 0 Å². The first-order chi connectivity index (χ1) is 8.65. The van der Waals surface area contributed by atoms with Crippen LogP contribution in [0, 0.1) is 6.92 Å². The fraction of sp³-hybridized carbons (Fsp3) is 0.308. The highest BCUT2D eigenvalue weighted by Crippen LogP contribution is 2.23. The lowest BCUT2D eigenvalue weighted by molar-refractivity contribution is 0.483. The molecule has 0 amide bonds. The van der Waals surface area contributed by atoms with E-state index in [9.17, 15) is 0 Å². The summed E-state index contributed by atoms with van der Waals surface area (Å²) in [6.07, 6.45) is 8.46. The van der Waals surface area contributed by atoms with E-state index in [1.807, 2.05) is 35.3 Å². The summed E-state index contributed by atoms with van der Waals surface area (Å²) in [6.45, 7) is 2.00. The van der Waals surface area contributed by atoms with Gasteiger partial charge < -0.3 is 14.7 Å². The number of aromatic nitrogens is 3. The monoisotopic (exact) mass is 244 g/mol. The van der Waals surface area contributed by atoms with Crippen molar-refractivity contribution >= 4 is 5.84 Å². The van der Waals surface area contributed by atoms with Crippen molar-refractivity contribution in [1.82, 2.24) is 14.0 Å². The van der Waals surface area contributed by atoms with Crippen molar-refractivity contribution in [2.45, 2.75) is 19.4 Å². The summed E-state index contributed by atoms with van der Waals surface area (Å²) in [5.74, 6) is 1.41. The predicted octanol–water partition coefficient (Wildman–Crippen LogP) is 1.82. The Balaban J connectivity index is 1.89. The van der Waals surface area contributed by atoms with Gasteiger partial charge in [-0.2, -0.15) is 0 Å². The lowest BCUT2D eigenvalue weighted by atomic mass is 10.1. The van der Waals surface area contributed by atoms with Crippen LogP contribution < -0.4 is 5.73 Å². The molecule has 18 heavy (non-hydrogen) atoms. The molecule has 0 aromatic carbocycles. The number of hydrogen-bond acceptors (Lipinski definition) is 3. The average Bonchev–Trinajstić information content (AvgIpc) is 2.98. The zero-order valence-corrected chi connectivity index (χ0v) is 10.5. The average molecular weight is 244 g/mol. The zero-order valence-electron chi connectivity index (χ0n) is 10.5. The molecule has 2 N–H and O–H groups in total. The second kappa shape index (κ2) is 4.03. The van der Waals surface area contributed by atoms with Crippen LogP contribution in [0.1, 0.15) is 23.1 Å². The summed E-state index contributed by atoms with van der Waals surface area (Å²) in [6, 6.07) is 1.93. The van der Waals surface area contributed by atoms with Crippen molar-refractivity contribution in [3.8, 4) is 0 Å². The Bertz CT molecular complexity index is 676. The molecule has 3 aromatic heterocycles. The third-order valence-electron chi connectivity index (χ3n) is 3.21. The van der Waals surface area contributed by atoms with Crippen LogP contribution in [0.5, 0.6) is 0 Å². The largest absolute Gasteiger partial charge is 0.426 e. The van der Waals surface area contributed by atoms with E-state index < -0.39 is 0 Å². The smallest absolute Gasteiger partial charge is 0.306 e. The van der Waals surface area contributed by atoms with Crippen LogP contribution in [-0.2, 0) is 13.5 Å². The van der Waals surface area contributed by atoms with Crippen molar-refractivity contribution in [2.24, 2.45) is 12.8 Å². The molecule has 0 aliphatic carbocycles. The van der Waals surface area contributed by atoms with Gasteiger partial charge in [-0.3, -0.25) is 4.40 Å². The maximum atomic E-state index is 6.22. The van der Waals surface area contributed by atoms with Crippen LogP contribution in [0.15, 0.2) is 35.3 Å². The Morgan fingerprint density at radius 1 is 1.44 bits per heavy atom. The highest BCUT2D eigenvalue weighted by molar-refractivity contribution is 5.31. The van der Waals surface area contributed by atoms with E-state index in [0.717, 1.165) is 17.9 Å². The molecule has 1 unspecified atom stereocenters. The van der Waals surface area contributed by atoms with Gasteiger partial charge in [-0.1, -0.05) is 0 Å². The fourth-order valence-electron chi connectivity index (χ4n) is 2.28. The van der Waals surface area contributed by atoms with Crippen LogP contribution in [-0.4, -0.2) is 14.0 Å². The van der Waals surface area contributed by atoms with E-state index in [2.05, 4.69) is 17.2 Å². The predicted molar refractivity (Wildman–Crippen MR) is 68.2 cm³/mol. The Morgan fingerprint density at radius 3 is 2.94 bits per heavy atom. The molecule has 5 nitrogen and oxygen atoms in total. The molecule has 0 saturated carbocycles. The highest BCUT2D eigenvalue weighted by atomic mass is 16.4. The molecular formula is C13H16N4O. The van der Waals surface area contributed by atoms with Crippen LogP contribution >= 0.6 is 0 Å². The first-order valence-electron chi connectivity index (χ1n) is 5.94. The van der Waals surface area contributed by atoms with Crippen LogP contribution in [0.25, 0.3) is 5.84 Å². The van der Waals surface area contributed by atoms with Gasteiger partial charge in [0.15, 0.2) is 0 Å². The molecule has 1 atom stereocenters. The molecule has 3 aromatic rings. The number of aryl methyl sites for hydroxylation is 2. The molecular weight excluding hydrogens is 228 g/mol. The summed E-state index contributed by atoms with van der Waals surface area (Å²) in [5, 5.41) is 0. The van der Waals surface area contributed by atoms with Gasteiger partial charge in [0, 0.05) is 31.8 Å². The molecule has 94 valence electrons. The Kier molecular flexibility index (Phi) is 2.48. The van der Waals surface area contributed by atoms with Gasteiger partial charge in [-0.05, 0) is 25.0 Å². The van der Waals surface area contributed by atoms with Crippen LogP contribution in [0.2, 0.25) is 0 Å². The molecule has 0 bridgehead atoms. The standard InChI is InChI=1S/C13H16N4O/c1-9-12(18-13-15-4-6-17(9)13)11(14)7-10-3-5-16(2)8-10/h3-6,8,11H,7,14H2,1-2H3. The van der Waals surface area contributed by atoms with E-state index in [1.165, 1.54) is 5.56 Å². The van der Waals surface area contributed by atoms with Crippen molar-refractivity contribution in [1.29, 1.82) is 0 Å². The SMILES string of the molecule is Cc1c(C(N)Cc2ccn(C)c2)oc2nccn12. The Labute approximate surface area is 105 Å². The topological polar surface area (TPSA) is 61.4 Å². The Hall–Kier alpha value is -2.01. The lowest BCUT2D eigenvalue weighted by Gasteiger charge is -2.08. The summed E-state index contributed by atoms with van der Waals surface area (Å²) in [5.41, 5.74) is 8.44. The minimum atomic E-state index is -0.144. The summed E-state index contributed by atoms with van der Waals surface area (Å²) in [7, 11) is 2.00. The van der Waals surface area contributed by atoms with Crippen molar-refractivity contribution in [3.05, 3.63) is 47.9 Å². The number of nitrogens with two attached hydrogens (primary N) is 1. The number of hydrogen-bond donors (Lipinski definition) is 1. The van der Waals surface area contributed by atoms with E-state index in [0.29, 0.717) is 5.84 Å². The second-order valence-electron chi connectivity index (χ2n) is 4.63. The molecule has 0 radical (unpaired) electrons. The Morgan fingerprint density at radius 2 is 2.28 bits per heavy atom. The van der Waals surface area contributed by atoms with Gasteiger partial charge in [-0.15, -0.1) is 0 Å². The fourth-order valence-corrected chi connectivity index (χ4v) is 2.28. The normalized spacial score (nSPS) is 13.3.